The normalized spacial score (nSPS) is 23.1. The highest BCUT2D eigenvalue weighted by molar-refractivity contribution is 9.10. The van der Waals surface area contributed by atoms with Crippen molar-refractivity contribution in [3.05, 3.63) is 34.1 Å². The molecular weight excluding hydrogens is 321 g/mol. The van der Waals surface area contributed by atoms with Crippen LogP contribution in [0.25, 0.3) is 0 Å². The van der Waals surface area contributed by atoms with Crippen molar-refractivity contribution in [1.29, 1.82) is 0 Å². The van der Waals surface area contributed by atoms with Gasteiger partial charge >= 0.3 is 0 Å². The van der Waals surface area contributed by atoms with Crippen LogP contribution in [0.4, 0.5) is 4.39 Å². The molecule has 1 aliphatic rings. The van der Waals surface area contributed by atoms with E-state index in [-0.39, 0.29) is 12.1 Å². The minimum atomic E-state index is -0.855. The van der Waals surface area contributed by atoms with E-state index >= 15 is 0 Å². The number of aliphatic hydroxyl groups is 1. The molecule has 2 rings (SSSR count). The second-order valence-electron chi connectivity index (χ2n) is 4.33. The molecule has 0 spiro atoms. The van der Waals surface area contributed by atoms with Gasteiger partial charge in [-0.25, -0.2) is 4.39 Å². The van der Waals surface area contributed by atoms with Crippen LogP contribution >= 0.6 is 27.7 Å². The Hall–Kier alpha value is -0.590. The average molecular weight is 334 g/mol. The molecule has 1 aliphatic heterocycles. The van der Waals surface area contributed by atoms with Crippen LogP contribution in [0.5, 0.6) is 0 Å². The molecule has 3 nitrogen and oxygen atoms in total. The van der Waals surface area contributed by atoms with E-state index in [9.17, 15) is 14.3 Å². The molecule has 1 unspecified atom stereocenters. The van der Waals surface area contributed by atoms with E-state index in [4.69, 9.17) is 0 Å². The average Bonchev–Trinajstić information content (AvgIpc) is 2.74. The number of amides is 1. The Labute approximate surface area is 117 Å². The van der Waals surface area contributed by atoms with Gasteiger partial charge in [0.1, 0.15) is 5.82 Å². The Kier molecular flexibility index (Phi) is 4.29. The summed E-state index contributed by atoms with van der Waals surface area (Å²) in [7, 11) is 0. The summed E-state index contributed by atoms with van der Waals surface area (Å²) in [6.07, 6.45) is 0.654. The summed E-state index contributed by atoms with van der Waals surface area (Å²) in [4.78, 5) is 11.8. The summed E-state index contributed by atoms with van der Waals surface area (Å²) in [6.45, 7) is 0.161. The van der Waals surface area contributed by atoms with E-state index < -0.39 is 17.3 Å². The lowest BCUT2D eigenvalue weighted by Crippen LogP contribution is -2.43. The molecule has 1 aromatic rings. The molecule has 0 bridgehead atoms. The largest absolute Gasteiger partial charge is 0.387 e. The molecule has 0 aliphatic carbocycles. The second-order valence-corrected chi connectivity index (χ2v) is 6.35. The number of carbonyl (C=O) groups excluding carboxylic acids is 1. The first kappa shape index (κ1) is 13.8. The minimum Gasteiger partial charge on any atom is -0.387 e. The zero-order chi connectivity index (χ0) is 13.2. The van der Waals surface area contributed by atoms with Crippen LogP contribution in [0.2, 0.25) is 0 Å². The van der Waals surface area contributed by atoms with Gasteiger partial charge in [-0.15, -0.1) is 0 Å². The first-order valence-corrected chi connectivity index (χ1v) is 7.48. The van der Waals surface area contributed by atoms with Crippen molar-refractivity contribution in [3.63, 3.8) is 0 Å². The van der Waals surface area contributed by atoms with Crippen molar-refractivity contribution in [2.24, 2.45) is 0 Å². The standard InChI is InChI=1S/C12H13BrFNO2S/c13-8-1-2-9(10(14)5-8)11(16)15-6-12(17)3-4-18-7-12/h1-2,5,17H,3-4,6-7H2,(H,15,16). The third-order valence-corrected chi connectivity index (χ3v) is 4.56. The number of benzene rings is 1. The fourth-order valence-corrected chi connectivity index (χ4v) is 3.38. The van der Waals surface area contributed by atoms with E-state index in [0.29, 0.717) is 16.6 Å². The van der Waals surface area contributed by atoms with Gasteiger partial charge in [0.2, 0.25) is 0 Å². The van der Waals surface area contributed by atoms with Gasteiger partial charge in [-0.05, 0) is 30.4 Å². The smallest absolute Gasteiger partial charge is 0.254 e. The number of halogens is 2. The molecule has 6 heteroatoms. The maximum Gasteiger partial charge on any atom is 0.254 e. The van der Waals surface area contributed by atoms with Gasteiger partial charge in [0.25, 0.3) is 5.91 Å². The minimum absolute atomic E-state index is 0.00699. The van der Waals surface area contributed by atoms with Gasteiger partial charge in [-0.3, -0.25) is 4.79 Å². The molecule has 0 saturated carbocycles. The van der Waals surface area contributed by atoms with Gasteiger partial charge in [-0.1, -0.05) is 15.9 Å². The number of hydrogen-bond donors (Lipinski definition) is 2. The van der Waals surface area contributed by atoms with Crippen molar-refractivity contribution in [2.45, 2.75) is 12.0 Å². The third kappa shape index (κ3) is 3.24. The fraction of sp³-hybridized carbons (Fsp3) is 0.417. The van der Waals surface area contributed by atoms with Gasteiger partial charge in [0, 0.05) is 16.8 Å². The molecule has 1 heterocycles. The monoisotopic (exact) mass is 333 g/mol. The predicted octanol–water partition coefficient (Wildman–Crippen LogP) is 2.19. The summed E-state index contributed by atoms with van der Waals surface area (Å²) in [5, 5.41) is 12.6. The predicted molar refractivity (Wildman–Crippen MR) is 73.3 cm³/mol. The van der Waals surface area contributed by atoms with Crippen LogP contribution in [0.1, 0.15) is 16.8 Å². The van der Waals surface area contributed by atoms with Crippen molar-refractivity contribution >= 4 is 33.6 Å². The number of rotatable bonds is 3. The molecule has 0 aromatic heterocycles. The SMILES string of the molecule is O=C(NCC1(O)CCSC1)c1ccc(Br)cc1F. The number of nitrogens with one attached hydrogen (secondary N) is 1. The molecule has 0 radical (unpaired) electrons. The highest BCUT2D eigenvalue weighted by atomic mass is 79.9. The molecule has 1 fully saturated rings. The summed E-state index contributed by atoms with van der Waals surface area (Å²) >= 11 is 4.78. The molecule has 1 amide bonds. The Morgan fingerprint density at radius 3 is 3.00 bits per heavy atom. The molecule has 1 aromatic carbocycles. The zero-order valence-corrected chi connectivity index (χ0v) is 12.0. The summed E-state index contributed by atoms with van der Waals surface area (Å²) in [5.74, 6) is 0.426. The van der Waals surface area contributed by atoms with Crippen molar-refractivity contribution in [2.75, 3.05) is 18.1 Å². The van der Waals surface area contributed by atoms with Crippen LogP contribution < -0.4 is 5.32 Å². The molecule has 2 N–H and O–H groups in total. The van der Waals surface area contributed by atoms with E-state index in [2.05, 4.69) is 21.2 Å². The van der Waals surface area contributed by atoms with E-state index in [1.165, 1.54) is 12.1 Å². The molecular formula is C12H13BrFNO2S. The summed E-state index contributed by atoms with van der Waals surface area (Å²) < 4.78 is 14.1. The lowest BCUT2D eigenvalue weighted by atomic mass is 10.0. The maximum atomic E-state index is 13.5. The van der Waals surface area contributed by atoms with Gasteiger partial charge in [0.05, 0.1) is 11.2 Å². The van der Waals surface area contributed by atoms with Crippen LogP contribution in [-0.4, -0.2) is 34.7 Å². The quantitative estimate of drug-likeness (QED) is 0.891. The highest BCUT2D eigenvalue weighted by Gasteiger charge is 2.32. The molecule has 1 atom stereocenters. The van der Waals surface area contributed by atoms with Crippen molar-refractivity contribution < 1.29 is 14.3 Å². The van der Waals surface area contributed by atoms with E-state index in [1.54, 1.807) is 17.8 Å². The third-order valence-electron chi connectivity index (χ3n) is 2.84. The van der Waals surface area contributed by atoms with Crippen LogP contribution in [0, 0.1) is 5.82 Å². The zero-order valence-electron chi connectivity index (χ0n) is 9.58. The summed E-state index contributed by atoms with van der Waals surface area (Å²) in [5.41, 5.74) is -0.862. The van der Waals surface area contributed by atoms with Crippen LogP contribution in [0.15, 0.2) is 22.7 Å². The first-order chi connectivity index (χ1) is 8.50. The fourth-order valence-electron chi connectivity index (χ4n) is 1.75. The number of hydrogen-bond acceptors (Lipinski definition) is 3. The Balaban J connectivity index is 1.99. The van der Waals surface area contributed by atoms with Crippen molar-refractivity contribution in [1.82, 2.24) is 5.32 Å². The van der Waals surface area contributed by atoms with Gasteiger partial charge < -0.3 is 10.4 Å². The number of thioether (sulfide) groups is 1. The first-order valence-electron chi connectivity index (χ1n) is 5.54. The molecule has 18 heavy (non-hydrogen) atoms. The Morgan fingerprint density at radius 1 is 1.61 bits per heavy atom. The van der Waals surface area contributed by atoms with Crippen LogP contribution in [-0.2, 0) is 0 Å². The van der Waals surface area contributed by atoms with Gasteiger partial charge in [0.15, 0.2) is 0 Å². The Morgan fingerprint density at radius 2 is 2.39 bits per heavy atom. The van der Waals surface area contributed by atoms with Crippen LogP contribution in [0.3, 0.4) is 0 Å². The highest BCUT2D eigenvalue weighted by Crippen LogP contribution is 2.27. The van der Waals surface area contributed by atoms with Crippen molar-refractivity contribution in [3.8, 4) is 0 Å². The second kappa shape index (κ2) is 5.59. The summed E-state index contributed by atoms with van der Waals surface area (Å²) in [6, 6.07) is 4.27. The Bertz CT molecular complexity index is 463. The lowest BCUT2D eigenvalue weighted by Gasteiger charge is -2.21. The lowest BCUT2D eigenvalue weighted by molar-refractivity contribution is 0.0611. The topological polar surface area (TPSA) is 49.3 Å². The van der Waals surface area contributed by atoms with E-state index in [0.717, 1.165) is 5.75 Å². The number of carbonyl (C=O) groups is 1. The molecule has 1 saturated heterocycles. The molecule has 98 valence electrons. The van der Waals surface area contributed by atoms with E-state index in [1.807, 2.05) is 0 Å². The maximum absolute atomic E-state index is 13.5. The van der Waals surface area contributed by atoms with Gasteiger partial charge in [-0.2, -0.15) is 11.8 Å².